The van der Waals surface area contributed by atoms with Gasteiger partial charge in [-0.15, -0.1) is 11.3 Å². The van der Waals surface area contributed by atoms with Gasteiger partial charge in [-0.3, -0.25) is 4.79 Å². The second-order valence-electron chi connectivity index (χ2n) is 5.32. The molecule has 0 aliphatic heterocycles. The summed E-state index contributed by atoms with van der Waals surface area (Å²) in [6, 6.07) is 9.41. The summed E-state index contributed by atoms with van der Waals surface area (Å²) in [7, 11) is 1.60. The first-order valence-corrected chi connectivity index (χ1v) is 8.11. The summed E-state index contributed by atoms with van der Waals surface area (Å²) in [4.78, 5) is 21.2. The second-order valence-corrected chi connectivity index (χ2v) is 6.52. The molecule has 1 N–H and O–H groups in total. The predicted molar refractivity (Wildman–Crippen MR) is 96.2 cm³/mol. The number of hydrogen-bond acceptors (Lipinski definition) is 5. The minimum absolute atomic E-state index is 0.215. The molecule has 0 saturated heterocycles. The van der Waals surface area contributed by atoms with E-state index in [2.05, 4.69) is 16.0 Å². The Bertz CT molecular complexity index is 1040. The number of nitriles is 1. The first kappa shape index (κ1) is 16.0. The number of H-pyrrole nitrogens is 1. The molecule has 0 amide bonds. The van der Waals surface area contributed by atoms with E-state index in [1.165, 1.54) is 11.3 Å². The smallest absolute Gasteiger partial charge is 0.260 e. The van der Waals surface area contributed by atoms with Crippen molar-refractivity contribution >= 4 is 33.2 Å². The van der Waals surface area contributed by atoms with Crippen molar-refractivity contribution in [2.75, 3.05) is 7.11 Å². The van der Waals surface area contributed by atoms with Crippen LogP contribution in [0, 0.1) is 25.2 Å². The molecule has 0 aliphatic carbocycles. The highest BCUT2D eigenvalue weighted by Crippen LogP contribution is 2.27. The van der Waals surface area contributed by atoms with Crippen LogP contribution in [0.15, 0.2) is 29.1 Å². The van der Waals surface area contributed by atoms with E-state index >= 15 is 0 Å². The summed E-state index contributed by atoms with van der Waals surface area (Å²) in [5.74, 6) is 1.02. The second kappa shape index (κ2) is 6.30. The molecule has 2 heterocycles. The van der Waals surface area contributed by atoms with Gasteiger partial charge in [-0.1, -0.05) is 12.1 Å². The van der Waals surface area contributed by atoms with E-state index in [0.717, 1.165) is 21.8 Å². The first-order valence-electron chi connectivity index (χ1n) is 7.29. The topological polar surface area (TPSA) is 78.8 Å². The number of rotatable bonds is 3. The van der Waals surface area contributed by atoms with Gasteiger partial charge in [0.25, 0.3) is 5.56 Å². The van der Waals surface area contributed by atoms with Gasteiger partial charge in [-0.05, 0) is 43.2 Å². The molecule has 0 saturated carbocycles. The van der Waals surface area contributed by atoms with Crippen molar-refractivity contribution in [2.45, 2.75) is 13.8 Å². The fourth-order valence-corrected chi connectivity index (χ4v) is 3.43. The van der Waals surface area contributed by atoms with Crippen LogP contribution in [0.3, 0.4) is 0 Å². The van der Waals surface area contributed by atoms with Crippen molar-refractivity contribution < 1.29 is 4.74 Å². The minimum Gasteiger partial charge on any atom is -0.497 e. The fourth-order valence-electron chi connectivity index (χ4n) is 2.40. The highest BCUT2D eigenvalue weighted by Gasteiger charge is 2.13. The number of ether oxygens (including phenoxy) is 1. The van der Waals surface area contributed by atoms with Crippen LogP contribution in [0.25, 0.3) is 21.9 Å². The van der Waals surface area contributed by atoms with Crippen LogP contribution in [-0.4, -0.2) is 17.1 Å². The van der Waals surface area contributed by atoms with Gasteiger partial charge in [-0.25, -0.2) is 4.98 Å². The van der Waals surface area contributed by atoms with E-state index in [9.17, 15) is 10.1 Å². The SMILES string of the molecule is COc1ccc(/C=C(\C#N)c2nc3sc(C)c(C)c3c(=O)[nH]2)cc1. The van der Waals surface area contributed by atoms with Crippen molar-refractivity contribution in [3.8, 4) is 11.8 Å². The van der Waals surface area contributed by atoms with Gasteiger partial charge in [0, 0.05) is 4.88 Å². The Kier molecular flexibility index (Phi) is 4.19. The number of nitrogens with one attached hydrogen (secondary N) is 1. The van der Waals surface area contributed by atoms with Crippen LogP contribution < -0.4 is 10.3 Å². The molecule has 0 spiro atoms. The zero-order valence-electron chi connectivity index (χ0n) is 13.5. The number of methoxy groups -OCH3 is 1. The van der Waals surface area contributed by atoms with Gasteiger partial charge in [-0.2, -0.15) is 5.26 Å². The first-order chi connectivity index (χ1) is 11.5. The maximum Gasteiger partial charge on any atom is 0.260 e. The van der Waals surface area contributed by atoms with Crippen molar-refractivity contribution in [3.63, 3.8) is 0 Å². The maximum atomic E-state index is 12.3. The Morgan fingerprint density at radius 1 is 1.33 bits per heavy atom. The third-order valence-corrected chi connectivity index (χ3v) is 4.94. The van der Waals surface area contributed by atoms with E-state index in [4.69, 9.17) is 4.74 Å². The zero-order chi connectivity index (χ0) is 17.3. The molecule has 3 aromatic rings. The van der Waals surface area contributed by atoms with Crippen LogP contribution >= 0.6 is 11.3 Å². The molecule has 6 heteroatoms. The molecule has 24 heavy (non-hydrogen) atoms. The molecular formula is C18H15N3O2S. The Balaban J connectivity index is 2.11. The Labute approximate surface area is 142 Å². The lowest BCUT2D eigenvalue weighted by molar-refractivity contribution is 0.415. The van der Waals surface area contributed by atoms with Gasteiger partial charge in [0.2, 0.25) is 0 Å². The molecule has 0 atom stereocenters. The number of aryl methyl sites for hydroxylation is 2. The summed E-state index contributed by atoms with van der Waals surface area (Å²) in [6.45, 7) is 3.86. The third kappa shape index (κ3) is 2.82. The van der Waals surface area contributed by atoms with Crippen molar-refractivity contribution in [1.29, 1.82) is 5.26 Å². The van der Waals surface area contributed by atoms with Crippen LogP contribution in [0.4, 0.5) is 0 Å². The lowest BCUT2D eigenvalue weighted by atomic mass is 10.1. The summed E-state index contributed by atoms with van der Waals surface area (Å²) in [5.41, 5.74) is 1.86. The highest BCUT2D eigenvalue weighted by molar-refractivity contribution is 7.18. The number of nitrogens with zero attached hydrogens (tertiary/aromatic N) is 2. The molecule has 0 bridgehead atoms. The molecule has 0 fully saturated rings. The summed E-state index contributed by atoms with van der Waals surface area (Å²) >= 11 is 1.46. The molecule has 2 aromatic heterocycles. The normalized spacial score (nSPS) is 11.5. The van der Waals surface area contributed by atoms with Gasteiger partial charge >= 0.3 is 0 Å². The minimum atomic E-state index is -0.215. The zero-order valence-corrected chi connectivity index (χ0v) is 14.3. The lowest BCUT2D eigenvalue weighted by Gasteiger charge is -2.02. The Morgan fingerprint density at radius 2 is 2.04 bits per heavy atom. The van der Waals surface area contributed by atoms with Gasteiger partial charge in [0.05, 0.1) is 18.1 Å². The average Bonchev–Trinajstić information content (AvgIpc) is 2.87. The van der Waals surface area contributed by atoms with E-state index in [-0.39, 0.29) is 11.4 Å². The maximum absolute atomic E-state index is 12.3. The number of benzene rings is 1. The number of allylic oxidation sites excluding steroid dienone is 1. The third-order valence-electron chi connectivity index (χ3n) is 3.84. The van der Waals surface area contributed by atoms with Crippen LogP contribution in [0.1, 0.15) is 21.8 Å². The van der Waals surface area contributed by atoms with E-state index in [0.29, 0.717) is 15.8 Å². The molecule has 0 radical (unpaired) electrons. The van der Waals surface area contributed by atoms with Crippen LogP contribution in [-0.2, 0) is 0 Å². The van der Waals surface area contributed by atoms with E-state index in [1.54, 1.807) is 13.2 Å². The predicted octanol–water partition coefficient (Wildman–Crippen LogP) is 3.67. The molecule has 0 unspecified atom stereocenters. The molecule has 120 valence electrons. The van der Waals surface area contributed by atoms with Gasteiger partial charge in [0.1, 0.15) is 16.6 Å². The summed E-state index contributed by atoms with van der Waals surface area (Å²) in [6.07, 6.45) is 1.69. The molecule has 5 nitrogen and oxygen atoms in total. The molecule has 1 aromatic carbocycles. The highest BCUT2D eigenvalue weighted by atomic mass is 32.1. The van der Waals surface area contributed by atoms with Crippen LogP contribution in [0.2, 0.25) is 0 Å². The fraction of sp³-hybridized carbons (Fsp3) is 0.167. The van der Waals surface area contributed by atoms with Crippen LogP contribution in [0.5, 0.6) is 5.75 Å². The van der Waals surface area contributed by atoms with E-state index < -0.39 is 0 Å². The number of aromatic nitrogens is 2. The Hall–Kier alpha value is -2.91. The number of thiophene rings is 1. The summed E-state index contributed by atoms with van der Waals surface area (Å²) < 4.78 is 5.12. The largest absolute Gasteiger partial charge is 0.497 e. The summed E-state index contributed by atoms with van der Waals surface area (Å²) in [5, 5.41) is 10.1. The molecule has 0 aliphatic rings. The Morgan fingerprint density at radius 3 is 2.67 bits per heavy atom. The monoisotopic (exact) mass is 337 g/mol. The van der Waals surface area contributed by atoms with Crippen molar-refractivity contribution in [1.82, 2.24) is 9.97 Å². The average molecular weight is 337 g/mol. The standard InChI is InChI=1S/C18H15N3O2S/c1-10-11(2)24-18-15(10)17(22)20-16(21-18)13(9-19)8-12-4-6-14(23-3)7-5-12/h4-8H,1-3H3,(H,20,21,22)/b13-8+. The molecular weight excluding hydrogens is 322 g/mol. The van der Waals surface area contributed by atoms with Gasteiger partial charge < -0.3 is 9.72 Å². The number of fused-ring (bicyclic) bond motifs is 1. The van der Waals surface area contributed by atoms with Gasteiger partial charge in [0.15, 0.2) is 5.82 Å². The number of aromatic amines is 1. The van der Waals surface area contributed by atoms with Crippen molar-refractivity contribution in [2.24, 2.45) is 0 Å². The number of hydrogen-bond donors (Lipinski definition) is 1. The lowest BCUT2D eigenvalue weighted by Crippen LogP contribution is -2.10. The van der Waals surface area contributed by atoms with Crippen molar-refractivity contribution in [3.05, 3.63) is 56.4 Å². The quantitative estimate of drug-likeness (QED) is 0.740. The molecule has 3 rings (SSSR count). The van der Waals surface area contributed by atoms with E-state index in [1.807, 2.05) is 38.1 Å².